The molecule has 0 bridgehead atoms. The molecule has 4 rings (SSSR count). The molecule has 0 unspecified atom stereocenters. The topological polar surface area (TPSA) is 80.9 Å². The Morgan fingerprint density at radius 1 is 0.879 bits per heavy atom. The van der Waals surface area contributed by atoms with Crippen LogP contribution in [-0.2, 0) is 19.4 Å². The number of rotatable bonds is 5. The highest BCUT2D eigenvalue weighted by Gasteiger charge is 2.46. The monoisotopic (exact) mass is 515 g/mol. The minimum atomic E-state index is -0.0941. The predicted octanol–water partition coefficient (Wildman–Crippen LogP) is 2.38. The molecule has 2 atom stereocenters. The molecule has 0 fully saturated rings. The maximum Gasteiger partial charge on any atom is 0.157 e. The lowest BCUT2D eigenvalue weighted by Gasteiger charge is -2.51. The number of nitrogens with zero attached hydrogens (tertiary/aromatic N) is 1. The number of allylic oxidation sites excluding steroid dienone is 3. The van der Waals surface area contributed by atoms with E-state index in [1.54, 1.807) is 24.3 Å². The average molecular weight is 516 g/mol. The normalized spacial score (nSPS) is 21.3. The zero-order chi connectivity index (χ0) is 23.0. The number of halogens is 1. The van der Waals surface area contributed by atoms with Gasteiger partial charge in [-0.1, -0.05) is 17.2 Å². The lowest BCUT2D eigenvalue weighted by Crippen LogP contribution is -3.00. The molecule has 0 aromatic heterocycles. The van der Waals surface area contributed by atoms with E-state index < -0.39 is 0 Å². The number of phenolic OH excluding ortho intramolecular Hbond substituents is 4. The van der Waals surface area contributed by atoms with E-state index in [0.717, 1.165) is 65.6 Å². The van der Waals surface area contributed by atoms with Crippen molar-refractivity contribution in [1.29, 1.82) is 0 Å². The largest absolute Gasteiger partial charge is 1.00 e. The first-order chi connectivity index (χ1) is 15.2. The van der Waals surface area contributed by atoms with Crippen LogP contribution in [0.15, 0.2) is 47.6 Å². The molecule has 0 radical (unpaired) electrons. The Balaban J connectivity index is 0.00000306. The Morgan fingerprint density at radius 2 is 1.48 bits per heavy atom. The van der Waals surface area contributed by atoms with Gasteiger partial charge in [-0.05, 0) is 75.1 Å². The molecular weight excluding hydrogens is 482 g/mol. The SMILES string of the molecule is CC(C)=CCC/C(C)=C/C[N@@+]12CCc3cc(O)c(O)cc3[C@H]1Cc1cc(O)c(O)cc1C2.[Br-]. The second-order valence-corrected chi connectivity index (χ2v) is 9.77. The van der Waals surface area contributed by atoms with Crippen molar-refractivity contribution in [3.8, 4) is 23.0 Å². The Bertz CT molecular complexity index is 1100. The summed E-state index contributed by atoms with van der Waals surface area (Å²) in [4.78, 5) is 0. The van der Waals surface area contributed by atoms with Crippen molar-refractivity contribution in [1.82, 2.24) is 0 Å². The Hall–Kier alpha value is -2.44. The first kappa shape index (κ1) is 25.2. The summed E-state index contributed by atoms with van der Waals surface area (Å²) in [5.41, 5.74) is 6.95. The van der Waals surface area contributed by atoms with Gasteiger partial charge in [-0.2, -0.15) is 0 Å². The fraction of sp³-hybridized carbons (Fsp3) is 0.407. The Morgan fingerprint density at radius 3 is 2.15 bits per heavy atom. The summed E-state index contributed by atoms with van der Waals surface area (Å²) >= 11 is 0. The van der Waals surface area contributed by atoms with Gasteiger partial charge in [0.05, 0.1) is 13.1 Å². The van der Waals surface area contributed by atoms with Crippen LogP contribution in [0.25, 0.3) is 0 Å². The van der Waals surface area contributed by atoms with Crippen LogP contribution in [0.1, 0.15) is 61.9 Å². The highest BCUT2D eigenvalue weighted by molar-refractivity contribution is 5.50. The van der Waals surface area contributed by atoms with Gasteiger partial charge in [0.1, 0.15) is 12.6 Å². The minimum Gasteiger partial charge on any atom is -1.00 e. The van der Waals surface area contributed by atoms with Crippen molar-refractivity contribution in [3.05, 3.63) is 69.8 Å². The fourth-order valence-electron chi connectivity index (χ4n) is 5.31. The third-order valence-corrected chi connectivity index (χ3v) is 7.17. The molecule has 2 aliphatic rings. The van der Waals surface area contributed by atoms with Gasteiger partial charge in [0.25, 0.3) is 0 Å². The molecule has 2 aromatic rings. The van der Waals surface area contributed by atoms with E-state index in [2.05, 4.69) is 32.9 Å². The van der Waals surface area contributed by atoms with Gasteiger partial charge < -0.3 is 41.9 Å². The molecule has 2 aliphatic heterocycles. The summed E-state index contributed by atoms with van der Waals surface area (Å²) in [5.74, 6) is -0.328. The van der Waals surface area contributed by atoms with Crippen LogP contribution in [0.4, 0.5) is 0 Å². The lowest BCUT2D eigenvalue weighted by molar-refractivity contribution is -0.968. The van der Waals surface area contributed by atoms with Crippen molar-refractivity contribution in [2.45, 2.75) is 59.0 Å². The highest BCUT2D eigenvalue weighted by Crippen LogP contribution is 2.48. The molecule has 0 saturated heterocycles. The Labute approximate surface area is 206 Å². The summed E-state index contributed by atoms with van der Waals surface area (Å²) in [6.45, 7) is 8.98. The van der Waals surface area contributed by atoms with Crippen LogP contribution in [0, 0.1) is 0 Å². The summed E-state index contributed by atoms with van der Waals surface area (Å²) in [6, 6.07) is 6.91. The minimum absolute atomic E-state index is 0. The van der Waals surface area contributed by atoms with Gasteiger partial charge >= 0.3 is 0 Å². The zero-order valence-electron chi connectivity index (χ0n) is 19.6. The average Bonchev–Trinajstić information content (AvgIpc) is 2.73. The summed E-state index contributed by atoms with van der Waals surface area (Å²) in [7, 11) is 0. The molecule has 4 N–H and O–H groups in total. The van der Waals surface area contributed by atoms with Crippen molar-refractivity contribution in [2.24, 2.45) is 0 Å². The van der Waals surface area contributed by atoms with Gasteiger partial charge in [-0.15, -0.1) is 0 Å². The number of aromatic hydroxyl groups is 4. The smallest absolute Gasteiger partial charge is 0.157 e. The lowest BCUT2D eigenvalue weighted by atomic mass is 9.81. The molecule has 2 heterocycles. The van der Waals surface area contributed by atoms with Crippen molar-refractivity contribution in [3.63, 3.8) is 0 Å². The molecule has 0 amide bonds. The van der Waals surface area contributed by atoms with E-state index in [1.165, 1.54) is 11.1 Å². The molecule has 178 valence electrons. The van der Waals surface area contributed by atoms with Crippen molar-refractivity contribution >= 4 is 0 Å². The van der Waals surface area contributed by atoms with Crippen LogP contribution < -0.4 is 17.0 Å². The van der Waals surface area contributed by atoms with Crippen molar-refractivity contribution < 1.29 is 41.9 Å². The van der Waals surface area contributed by atoms with E-state index in [-0.39, 0.29) is 46.0 Å². The van der Waals surface area contributed by atoms with E-state index in [1.807, 2.05) is 0 Å². The predicted molar refractivity (Wildman–Crippen MR) is 126 cm³/mol. The second-order valence-electron chi connectivity index (χ2n) is 9.77. The third kappa shape index (κ3) is 5.07. The summed E-state index contributed by atoms with van der Waals surface area (Å²) in [6.07, 6.45) is 8.23. The van der Waals surface area contributed by atoms with Gasteiger partial charge in [0, 0.05) is 24.0 Å². The molecule has 0 saturated carbocycles. The number of benzene rings is 2. The quantitative estimate of drug-likeness (QED) is 0.280. The van der Waals surface area contributed by atoms with E-state index in [9.17, 15) is 20.4 Å². The van der Waals surface area contributed by atoms with Gasteiger partial charge in [-0.3, -0.25) is 0 Å². The third-order valence-electron chi connectivity index (χ3n) is 7.17. The van der Waals surface area contributed by atoms with Gasteiger partial charge in [0.2, 0.25) is 0 Å². The van der Waals surface area contributed by atoms with E-state index in [0.29, 0.717) is 6.42 Å². The number of hydrogen-bond acceptors (Lipinski definition) is 4. The van der Waals surface area contributed by atoms with Crippen LogP contribution in [-0.4, -0.2) is 38.0 Å². The number of fused-ring (bicyclic) bond motifs is 4. The van der Waals surface area contributed by atoms with E-state index >= 15 is 0 Å². The maximum atomic E-state index is 10.2. The number of hydrogen-bond donors (Lipinski definition) is 4. The molecule has 5 nitrogen and oxygen atoms in total. The molecule has 0 aliphatic carbocycles. The number of quaternary nitrogens is 1. The number of phenols is 4. The first-order valence-corrected chi connectivity index (χ1v) is 11.4. The van der Waals surface area contributed by atoms with Crippen LogP contribution in [0.3, 0.4) is 0 Å². The standard InChI is InChI=1S/C27H33NO4.BrH/c1-17(2)5-4-6-18(3)7-9-28-10-8-19-12-24(29)27(32)15-22(19)23(28)11-20-13-25(30)26(31)14-21(20)16-28;/h5,7,12-15,23H,4,6,8-11,16H2,1-3H3,(H3-,29,30,31,32);1H/b18-7+;/t23-,28+;/m1./s1. The van der Waals surface area contributed by atoms with Gasteiger partial charge in [0.15, 0.2) is 23.0 Å². The summed E-state index contributed by atoms with van der Waals surface area (Å²) in [5, 5.41) is 40.4. The maximum absolute atomic E-state index is 10.2. The van der Waals surface area contributed by atoms with Crippen LogP contribution in [0.5, 0.6) is 23.0 Å². The molecule has 0 spiro atoms. The highest BCUT2D eigenvalue weighted by atomic mass is 79.9. The van der Waals surface area contributed by atoms with E-state index in [4.69, 9.17) is 0 Å². The second kappa shape index (κ2) is 9.82. The fourth-order valence-corrected chi connectivity index (χ4v) is 5.31. The molecule has 33 heavy (non-hydrogen) atoms. The van der Waals surface area contributed by atoms with Crippen LogP contribution >= 0.6 is 0 Å². The first-order valence-electron chi connectivity index (χ1n) is 11.4. The molecule has 2 aromatic carbocycles. The van der Waals surface area contributed by atoms with Crippen LogP contribution in [0.2, 0.25) is 0 Å². The van der Waals surface area contributed by atoms with Gasteiger partial charge in [-0.25, -0.2) is 0 Å². The Kier molecular flexibility index (Phi) is 7.49. The molecular formula is C27H34BrNO4. The zero-order valence-corrected chi connectivity index (χ0v) is 21.2. The summed E-state index contributed by atoms with van der Waals surface area (Å²) < 4.78 is 0.814. The van der Waals surface area contributed by atoms with Crippen molar-refractivity contribution in [2.75, 3.05) is 13.1 Å². The molecule has 6 heteroatoms.